The van der Waals surface area contributed by atoms with Crippen molar-refractivity contribution in [2.75, 3.05) is 13.1 Å². The molecule has 1 atom stereocenters. The quantitative estimate of drug-likeness (QED) is 0.740. The number of hydrogen-bond donors (Lipinski definition) is 0. The molecule has 1 unspecified atom stereocenters. The van der Waals surface area contributed by atoms with E-state index >= 15 is 0 Å². The second-order valence-electron chi connectivity index (χ2n) is 5.98. The molecular weight excluding hydrogens is 272 g/mol. The van der Waals surface area contributed by atoms with Crippen molar-refractivity contribution in [2.24, 2.45) is 0 Å². The van der Waals surface area contributed by atoms with E-state index in [2.05, 4.69) is 46.2 Å². The summed E-state index contributed by atoms with van der Waals surface area (Å²) in [6, 6.07) is 13.1. The predicted molar refractivity (Wildman–Crippen MR) is 87.6 cm³/mol. The minimum absolute atomic E-state index is 0.467. The van der Waals surface area contributed by atoms with Crippen molar-refractivity contribution >= 4 is 5.65 Å². The summed E-state index contributed by atoms with van der Waals surface area (Å²) >= 11 is 0. The summed E-state index contributed by atoms with van der Waals surface area (Å²) in [6.45, 7) is 4.72. The maximum Gasteiger partial charge on any atom is 0.154 e. The van der Waals surface area contributed by atoms with E-state index in [-0.39, 0.29) is 0 Å². The average molecular weight is 292 g/mol. The van der Waals surface area contributed by atoms with E-state index in [1.165, 1.54) is 37.1 Å². The lowest BCUT2D eigenvalue weighted by molar-refractivity contribution is 0.263. The van der Waals surface area contributed by atoms with E-state index in [4.69, 9.17) is 0 Å². The lowest BCUT2D eigenvalue weighted by atomic mass is 10.0. The lowest BCUT2D eigenvalue weighted by Gasteiger charge is -2.24. The highest BCUT2D eigenvalue weighted by Gasteiger charge is 2.19. The van der Waals surface area contributed by atoms with E-state index in [0.29, 0.717) is 6.04 Å². The Morgan fingerprint density at radius 2 is 1.95 bits per heavy atom. The molecule has 4 nitrogen and oxygen atoms in total. The zero-order valence-electron chi connectivity index (χ0n) is 12.8. The zero-order valence-corrected chi connectivity index (χ0v) is 12.8. The van der Waals surface area contributed by atoms with Crippen molar-refractivity contribution in [3.63, 3.8) is 0 Å². The van der Waals surface area contributed by atoms with Gasteiger partial charge >= 0.3 is 0 Å². The minimum Gasteiger partial charge on any atom is -0.297 e. The second-order valence-corrected chi connectivity index (χ2v) is 5.98. The molecule has 22 heavy (non-hydrogen) atoms. The molecule has 0 N–H and O–H groups in total. The Morgan fingerprint density at radius 3 is 2.82 bits per heavy atom. The number of aromatic nitrogens is 3. The second kappa shape index (κ2) is 5.54. The maximum absolute atomic E-state index is 4.44. The van der Waals surface area contributed by atoms with E-state index in [1.807, 2.05) is 22.8 Å². The SMILES string of the molecule is CC(c1cccc(-c2cnc3cccnn23)c1)N1CCCC1. The first-order valence-corrected chi connectivity index (χ1v) is 7.96. The van der Waals surface area contributed by atoms with Crippen LogP contribution < -0.4 is 0 Å². The summed E-state index contributed by atoms with van der Waals surface area (Å²) in [6.07, 6.45) is 6.35. The number of rotatable bonds is 3. The van der Waals surface area contributed by atoms with Crippen LogP contribution in [-0.2, 0) is 0 Å². The molecule has 1 aliphatic heterocycles. The van der Waals surface area contributed by atoms with Crippen molar-refractivity contribution in [3.8, 4) is 11.3 Å². The largest absolute Gasteiger partial charge is 0.297 e. The molecule has 1 aromatic carbocycles. The van der Waals surface area contributed by atoms with Gasteiger partial charge in [-0.1, -0.05) is 18.2 Å². The monoisotopic (exact) mass is 292 g/mol. The van der Waals surface area contributed by atoms with Crippen molar-refractivity contribution in [3.05, 3.63) is 54.4 Å². The van der Waals surface area contributed by atoms with Crippen LogP contribution in [0.2, 0.25) is 0 Å². The van der Waals surface area contributed by atoms with Crippen molar-refractivity contribution in [1.29, 1.82) is 0 Å². The average Bonchev–Trinajstić information content (AvgIpc) is 3.24. The molecule has 0 saturated carbocycles. The molecule has 1 fully saturated rings. The van der Waals surface area contributed by atoms with Crippen molar-refractivity contribution < 1.29 is 0 Å². The van der Waals surface area contributed by atoms with Gasteiger partial charge in [0.2, 0.25) is 0 Å². The summed E-state index contributed by atoms with van der Waals surface area (Å²) in [4.78, 5) is 7.00. The van der Waals surface area contributed by atoms with Crippen LogP contribution in [-0.4, -0.2) is 32.6 Å². The Kier molecular flexibility index (Phi) is 3.39. The van der Waals surface area contributed by atoms with Gasteiger partial charge in [0, 0.05) is 17.8 Å². The summed E-state index contributed by atoms with van der Waals surface area (Å²) in [5.41, 5.74) is 4.47. The Labute approximate surface area is 130 Å². The van der Waals surface area contributed by atoms with E-state index in [9.17, 15) is 0 Å². The smallest absolute Gasteiger partial charge is 0.154 e. The molecule has 1 saturated heterocycles. The van der Waals surface area contributed by atoms with Gasteiger partial charge < -0.3 is 0 Å². The van der Waals surface area contributed by atoms with Crippen LogP contribution in [0, 0.1) is 0 Å². The Morgan fingerprint density at radius 1 is 1.09 bits per heavy atom. The Balaban J connectivity index is 1.72. The van der Waals surface area contributed by atoms with Gasteiger partial charge in [0.15, 0.2) is 5.65 Å². The first-order chi connectivity index (χ1) is 10.8. The molecule has 3 aromatic rings. The molecular formula is C18H20N4. The van der Waals surface area contributed by atoms with Crippen LogP contribution in [0.3, 0.4) is 0 Å². The molecule has 0 amide bonds. The van der Waals surface area contributed by atoms with Crippen LogP contribution >= 0.6 is 0 Å². The third-order valence-corrected chi connectivity index (χ3v) is 4.63. The normalized spacial score (nSPS) is 17.1. The van der Waals surface area contributed by atoms with Crippen molar-refractivity contribution in [1.82, 2.24) is 19.5 Å². The highest BCUT2D eigenvalue weighted by molar-refractivity contribution is 5.63. The van der Waals surface area contributed by atoms with Crippen LogP contribution in [0.15, 0.2) is 48.8 Å². The third-order valence-electron chi connectivity index (χ3n) is 4.63. The van der Waals surface area contributed by atoms with E-state index < -0.39 is 0 Å². The molecule has 4 heteroatoms. The third kappa shape index (κ3) is 2.29. The van der Waals surface area contributed by atoms with Crippen LogP contribution in [0.5, 0.6) is 0 Å². The van der Waals surface area contributed by atoms with Gasteiger partial charge in [0.25, 0.3) is 0 Å². The molecule has 2 aromatic heterocycles. The Hall–Kier alpha value is -2.20. The lowest BCUT2D eigenvalue weighted by Crippen LogP contribution is -2.23. The zero-order chi connectivity index (χ0) is 14.9. The fraction of sp³-hybridized carbons (Fsp3) is 0.333. The molecule has 0 bridgehead atoms. The summed E-state index contributed by atoms with van der Waals surface area (Å²) in [7, 11) is 0. The number of nitrogens with zero attached hydrogens (tertiary/aromatic N) is 4. The number of benzene rings is 1. The Bertz CT molecular complexity index is 786. The molecule has 112 valence electrons. The highest BCUT2D eigenvalue weighted by atomic mass is 15.2. The summed E-state index contributed by atoms with van der Waals surface area (Å²) in [5, 5.41) is 4.41. The number of likely N-dealkylation sites (tertiary alicyclic amines) is 1. The molecule has 4 rings (SSSR count). The van der Waals surface area contributed by atoms with E-state index in [0.717, 1.165) is 11.3 Å². The number of hydrogen-bond acceptors (Lipinski definition) is 3. The first kappa shape index (κ1) is 13.5. The van der Waals surface area contributed by atoms with Gasteiger partial charge in [-0.25, -0.2) is 9.50 Å². The molecule has 3 heterocycles. The van der Waals surface area contributed by atoms with Crippen LogP contribution in [0.1, 0.15) is 31.4 Å². The first-order valence-electron chi connectivity index (χ1n) is 7.96. The van der Waals surface area contributed by atoms with Gasteiger partial charge in [-0.2, -0.15) is 5.10 Å². The van der Waals surface area contributed by atoms with Crippen LogP contribution in [0.4, 0.5) is 0 Å². The molecule has 0 spiro atoms. The van der Waals surface area contributed by atoms with Crippen molar-refractivity contribution in [2.45, 2.75) is 25.8 Å². The van der Waals surface area contributed by atoms with Gasteiger partial charge in [0.05, 0.1) is 11.9 Å². The molecule has 0 aliphatic carbocycles. The molecule has 0 radical (unpaired) electrons. The van der Waals surface area contributed by atoms with Gasteiger partial charge in [0.1, 0.15) is 0 Å². The highest BCUT2D eigenvalue weighted by Crippen LogP contribution is 2.28. The predicted octanol–water partition coefficient (Wildman–Crippen LogP) is 3.55. The van der Waals surface area contributed by atoms with Gasteiger partial charge in [-0.05, 0) is 56.6 Å². The van der Waals surface area contributed by atoms with Gasteiger partial charge in [-0.15, -0.1) is 0 Å². The number of fused-ring (bicyclic) bond motifs is 1. The fourth-order valence-electron chi connectivity index (χ4n) is 3.32. The summed E-state index contributed by atoms with van der Waals surface area (Å²) < 4.78 is 1.90. The maximum atomic E-state index is 4.44. The van der Waals surface area contributed by atoms with E-state index in [1.54, 1.807) is 6.20 Å². The van der Waals surface area contributed by atoms with Crippen LogP contribution in [0.25, 0.3) is 16.9 Å². The summed E-state index contributed by atoms with van der Waals surface area (Å²) in [5.74, 6) is 0. The van der Waals surface area contributed by atoms with Gasteiger partial charge in [-0.3, -0.25) is 4.90 Å². The standard InChI is InChI=1S/C18H20N4/c1-14(21-10-2-3-11-21)15-6-4-7-16(12-15)17-13-19-18-8-5-9-20-22(17)18/h4-9,12-14H,2-3,10-11H2,1H3. The number of imidazole rings is 1. The molecule has 1 aliphatic rings. The minimum atomic E-state index is 0.467. The fourth-order valence-corrected chi connectivity index (χ4v) is 3.32. The topological polar surface area (TPSA) is 33.4 Å².